The van der Waals surface area contributed by atoms with Gasteiger partial charge in [0.15, 0.2) is 0 Å². The van der Waals surface area contributed by atoms with Crippen LogP contribution in [0.15, 0.2) is 57.8 Å². The molecule has 4 nitrogen and oxygen atoms in total. The molecular formula is C27H31ClN2O2S. The van der Waals surface area contributed by atoms with Crippen molar-refractivity contribution in [3.05, 3.63) is 75.9 Å². The second kappa shape index (κ2) is 9.11. The highest BCUT2D eigenvalue weighted by atomic mass is 35.5. The van der Waals surface area contributed by atoms with Crippen molar-refractivity contribution < 1.29 is 8.95 Å². The van der Waals surface area contributed by atoms with Crippen molar-refractivity contribution in [2.24, 2.45) is 4.36 Å². The van der Waals surface area contributed by atoms with Crippen LogP contribution in [0.1, 0.15) is 49.6 Å². The summed E-state index contributed by atoms with van der Waals surface area (Å²) in [5.74, 6) is 1.13. The highest BCUT2D eigenvalue weighted by molar-refractivity contribution is 7.93. The van der Waals surface area contributed by atoms with Gasteiger partial charge in [-0.05, 0) is 47.9 Å². The molecule has 0 aliphatic carbocycles. The number of pyridine rings is 1. The van der Waals surface area contributed by atoms with Crippen LogP contribution in [0.3, 0.4) is 0 Å². The van der Waals surface area contributed by atoms with Crippen molar-refractivity contribution in [1.29, 1.82) is 0 Å². The van der Waals surface area contributed by atoms with Gasteiger partial charge in [-0.1, -0.05) is 68.8 Å². The van der Waals surface area contributed by atoms with Gasteiger partial charge in [0.05, 0.1) is 21.1 Å². The Bertz CT molecular complexity index is 1300. The number of nitrogens with zero attached hydrogens (tertiary/aromatic N) is 2. The summed E-state index contributed by atoms with van der Waals surface area (Å²) in [6.45, 7) is 8.94. The first-order valence-electron chi connectivity index (χ1n) is 11.3. The highest BCUT2D eigenvalue weighted by Gasteiger charge is 2.29. The predicted octanol–water partition coefficient (Wildman–Crippen LogP) is 6.99. The normalized spacial score (nSPS) is 18.0. The molecule has 0 saturated heterocycles. The predicted molar refractivity (Wildman–Crippen MR) is 137 cm³/mol. The first kappa shape index (κ1) is 23.8. The molecule has 2 aromatic carbocycles. The molecule has 174 valence electrons. The molecule has 0 unspecified atom stereocenters. The molecule has 0 amide bonds. The summed E-state index contributed by atoms with van der Waals surface area (Å²) in [6, 6.07) is 16.0. The van der Waals surface area contributed by atoms with Crippen LogP contribution in [0.25, 0.3) is 11.3 Å². The number of aryl methyl sites for hydroxylation is 2. The molecule has 4 rings (SSSR count). The number of hydrogen-bond donors (Lipinski definition) is 0. The van der Waals surface area contributed by atoms with Crippen LogP contribution in [0, 0.1) is 6.92 Å². The topological polar surface area (TPSA) is 51.5 Å². The largest absolute Gasteiger partial charge is 0.487 e. The van der Waals surface area contributed by atoms with E-state index in [9.17, 15) is 4.21 Å². The van der Waals surface area contributed by atoms with Gasteiger partial charge in [-0.2, -0.15) is 0 Å². The lowest BCUT2D eigenvalue weighted by atomic mass is 9.85. The summed E-state index contributed by atoms with van der Waals surface area (Å²) in [5, 5.41) is 0.724. The molecule has 0 radical (unpaired) electrons. The average molecular weight is 483 g/mol. The van der Waals surface area contributed by atoms with E-state index in [1.165, 1.54) is 0 Å². The lowest BCUT2D eigenvalue weighted by Crippen LogP contribution is -2.19. The Morgan fingerprint density at radius 3 is 2.55 bits per heavy atom. The van der Waals surface area contributed by atoms with Crippen LogP contribution in [-0.4, -0.2) is 22.0 Å². The number of aromatic nitrogens is 1. The number of hydrogen-bond acceptors (Lipinski definition) is 4. The van der Waals surface area contributed by atoms with E-state index in [1.54, 1.807) is 7.05 Å². The molecular weight excluding hydrogens is 452 g/mol. The maximum atomic E-state index is 13.6. The summed E-state index contributed by atoms with van der Waals surface area (Å²) in [4.78, 5) is 5.62. The first-order valence-corrected chi connectivity index (χ1v) is 13.3. The van der Waals surface area contributed by atoms with Crippen molar-refractivity contribution in [2.75, 3.05) is 12.8 Å². The van der Waals surface area contributed by atoms with Crippen molar-refractivity contribution >= 4 is 21.3 Å². The van der Waals surface area contributed by atoms with Gasteiger partial charge < -0.3 is 4.74 Å². The molecule has 1 aliphatic rings. The molecule has 3 aromatic rings. The Balaban J connectivity index is 1.86. The molecule has 0 fully saturated rings. The monoisotopic (exact) mass is 482 g/mol. The minimum atomic E-state index is -2.55. The van der Waals surface area contributed by atoms with Gasteiger partial charge in [0.1, 0.15) is 17.3 Å². The third-order valence-electron chi connectivity index (χ3n) is 6.09. The first-order chi connectivity index (χ1) is 15.6. The van der Waals surface area contributed by atoms with Crippen LogP contribution in [-0.2, 0) is 28.2 Å². The fourth-order valence-electron chi connectivity index (χ4n) is 4.30. The molecule has 1 aliphatic heterocycles. The van der Waals surface area contributed by atoms with Crippen molar-refractivity contribution in [3.63, 3.8) is 0 Å². The number of benzene rings is 2. The van der Waals surface area contributed by atoms with Gasteiger partial charge >= 0.3 is 0 Å². The van der Waals surface area contributed by atoms with Gasteiger partial charge in [-0.25, -0.2) is 8.57 Å². The second-order valence-corrected chi connectivity index (χ2v) is 12.5. The number of halogens is 1. The Morgan fingerprint density at radius 2 is 1.88 bits per heavy atom. The molecule has 33 heavy (non-hydrogen) atoms. The van der Waals surface area contributed by atoms with Gasteiger partial charge in [-0.3, -0.25) is 4.98 Å². The molecule has 6 heteroatoms. The van der Waals surface area contributed by atoms with E-state index >= 15 is 0 Å². The molecule has 2 heterocycles. The van der Waals surface area contributed by atoms with Gasteiger partial charge in [0.2, 0.25) is 0 Å². The standard InChI is InChI=1S/C27H31ClN2O2S/c1-18-14-21(27(2,3)4)22(28)15-20(18)24-16-25(32-17-19-10-7-6-8-11-19)26-23(30-24)12-9-13-33(26,31)29-5/h6-8,10-11,14-16H,9,12-13,17H2,1-5H3/t33-/m1/s1. The lowest BCUT2D eigenvalue weighted by Gasteiger charge is -2.25. The van der Waals surface area contributed by atoms with Crippen molar-refractivity contribution in [2.45, 2.75) is 57.5 Å². The van der Waals surface area contributed by atoms with E-state index < -0.39 is 9.73 Å². The SMILES string of the molecule is CN=[S@@]1(=O)CCCc2nc(-c3cc(Cl)c(C(C)(C)C)cc3C)cc(OCc3ccccc3)c21. The highest BCUT2D eigenvalue weighted by Crippen LogP contribution is 2.40. The summed E-state index contributed by atoms with van der Waals surface area (Å²) < 4.78 is 24.2. The van der Waals surface area contributed by atoms with E-state index in [2.05, 4.69) is 38.1 Å². The fraction of sp³-hybridized carbons (Fsp3) is 0.370. The van der Waals surface area contributed by atoms with Crippen molar-refractivity contribution in [3.8, 4) is 17.0 Å². The molecule has 0 N–H and O–H groups in total. The van der Waals surface area contributed by atoms with Crippen LogP contribution >= 0.6 is 11.6 Å². The number of fused-ring (bicyclic) bond motifs is 1. The minimum Gasteiger partial charge on any atom is -0.487 e. The Kier molecular flexibility index (Phi) is 6.56. The van der Waals surface area contributed by atoms with Crippen molar-refractivity contribution in [1.82, 2.24) is 4.98 Å². The summed E-state index contributed by atoms with van der Waals surface area (Å²) >= 11 is 6.71. The quantitative estimate of drug-likeness (QED) is 0.402. The third-order valence-corrected chi connectivity index (χ3v) is 8.91. The Hall–Kier alpha value is -2.37. The van der Waals surface area contributed by atoms with E-state index in [4.69, 9.17) is 21.3 Å². The smallest absolute Gasteiger partial charge is 0.140 e. The zero-order valence-corrected chi connectivity index (χ0v) is 21.5. The average Bonchev–Trinajstić information content (AvgIpc) is 2.78. The molecule has 1 aromatic heterocycles. The zero-order chi connectivity index (χ0) is 23.8. The van der Waals surface area contributed by atoms with Crippen LogP contribution in [0.4, 0.5) is 0 Å². The molecule has 0 saturated carbocycles. The summed E-state index contributed by atoms with van der Waals surface area (Å²) in [5.41, 5.74) is 5.77. The summed E-state index contributed by atoms with van der Waals surface area (Å²) in [7, 11) is -0.928. The Morgan fingerprint density at radius 1 is 1.15 bits per heavy atom. The van der Waals surface area contributed by atoms with E-state index in [1.807, 2.05) is 42.5 Å². The van der Waals surface area contributed by atoms with Gasteiger partial charge in [-0.15, -0.1) is 0 Å². The van der Waals surface area contributed by atoms with E-state index in [0.717, 1.165) is 51.5 Å². The fourth-order valence-corrected chi connectivity index (χ4v) is 6.80. The Labute approximate surface area is 202 Å². The number of rotatable bonds is 4. The summed E-state index contributed by atoms with van der Waals surface area (Å²) in [6.07, 6.45) is 1.55. The van der Waals surface area contributed by atoms with E-state index in [0.29, 0.717) is 23.0 Å². The van der Waals surface area contributed by atoms with Crippen LogP contribution < -0.4 is 4.74 Å². The maximum absolute atomic E-state index is 13.6. The van der Waals surface area contributed by atoms with E-state index in [-0.39, 0.29) is 5.41 Å². The van der Waals surface area contributed by atoms with Gasteiger partial charge in [0, 0.05) is 29.5 Å². The molecule has 1 atom stereocenters. The third kappa shape index (κ3) is 4.80. The lowest BCUT2D eigenvalue weighted by molar-refractivity contribution is 0.297. The number of ether oxygens (including phenoxy) is 1. The molecule has 0 spiro atoms. The van der Waals surface area contributed by atoms with Crippen LogP contribution in [0.5, 0.6) is 5.75 Å². The van der Waals surface area contributed by atoms with Gasteiger partial charge in [0.25, 0.3) is 0 Å². The zero-order valence-electron chi connectivity index (χ0n) is 19.9. The minimum absolute atomic E-state index is 0.0538. The maximum Gasteiger partial charge on any atom is 0.140 e. The second-order valence-electron chi connectivity index (χ2n) is 9.58. The van der Waals surface area contributed by atoms with Crippen LogP contribution in [0.2, 0.25) is 5.02 Å². The molecule has 0 bridgehead atoms.